The van der Waals surface area contributed by atoms with E-state index < -0.39 is 0 Å². The van der Waals surface area contributed by atoms with Crippen LogP contribution in [0.4, 0.5) is 5.82 Å². The second kappa shape index (κ2) is 5.42. The van der Waals surface area contributed by atoms with Crippen LogP contribution in [0.5, 0.6) is 0 Å². The summed E-state index contributed by atoms with van der Waals surface area (Å²) in [6.07, 6.45) is 3.25. The number of carbonyl (C=O) groups excluding carboxylic acids is 1. The molecule has 0 spiro atoms. The second-order valence-corrected chi connectivity index (χ2v) is 6.35. The van der Waals surface area contributed by atoms with E-state index in [-0.39, 0.29) is 11.9 Å². The lowest BCUT2D eigenvalue weighted by Gasteiger charge is -2.31. The Morgan fingerprint density at radius 1 is 1.30 bits per heavy atom. The number of fused-ring (bicyclic) bond motifs is 2. The van der Waals surface area contributed by atoms with E-state index in [9.17, 15) is 4.79 Å². The van der Waals surface area contributed by atoms with Crippen LogP contribution < -0.4 is 5.32 Å². The summed E-state index contributed by atoms with van der Waals surface area (Å²) in [5.74, 6) is 2.37. The van der Waals surface area contributed by atoms with Crippen LogP contribution in [0.1, 0.15) is 29.3 Å². The van der Waals surface area contributed by atoms with Crippen molar-refractivity contribution in [2.24, 2.45) is 0 Å². The number of hydrogen-bond acceptors (Lipinski definition) is 5. The fourth-order valence-electron chi connectivity index (χ4n) is 3.41. The number of amides is 1. The molecule has 2 aromatic heterocycles. The van der Waals surface area contributed by atoms with E-state index in [4.69, 9.17) is 0 Å². The molecule has 2 aromatic rings. The largest absolute Gasteiger partial charge is 0.312 e. The Kier molecular flexibility index (Phi) is 3.37. The Bertz CT molecular complexity index is 768. The number of aromatic nitrogens is 4. The number of likely N-dealkylation sites (N-methyl/N-ethyl adjacent to an activating group) is 1. The van der Waals surface area contributed by atoms with Crippen molar-refractivity contribution >= 4 is 11.7 Å². The average Bonchev–Trinajstić information content (AvgIpc) is 3.13. The summed E-state index contributed by atoms with van der Waals surface area (Å²) in [6.45, 7) is 3.11. The van der Waals surface area contributed by atoms with Crippen molar-refractivity contribution in [1.82, 2.24) is 24.6 Å². The maximum atomic E-state index is 12.7. The second-order valence-electron chi connectivity index (χ2n) is 6.35. The molecule has 1 N–H and O–H groups in total. The number of pyridine rings is 1. The summed E-state index contributed by atoms with van der Waals surface area (Å²) in [5.41, 5.74) is 2.43. The molecule has 1 aliphatic carbocycles. The Hall–Kier alpha value is -2.28. The van der Waals surface area contributed by atoms with Crippen molar-refractivity contribution in [1.29, 1.82) is 0 Å². The lowest BCUT2D eigenvalue weighted by molar-refractivity contribution is -0.122. The van der Waals surface area contributed by atoms with E-state index in [1.807, 2.05) is 29.5 Å². The summed E-state index contributed by atoms with van der Waals surface area (Å²) in [6, 6.07) is 3.74. The summed E-state index contributed by atoms with van der Waals surface area (Å²) < 4.78 is 2.01. The van der Waals surface area contributed by atoms with Gasteiger partial charge in [-0.15, -0.1) is 10.2 Å². The van der Waals surface area contributed by atoms with Crippen molar-refractivity contribution in [3.05, 3.63) is 35.0 Å². The van der Waals surface area contributed by atoms with Gasteiger partial charge in [0.25, 0.3) is 0 Å². The van der Waals surface area contributed by atoms with Gasteiger partial charge in [-0.3, -0.25) is 9.69 Å². The van der Waals surface area contributed by atoms with Crippen LogP contribution >= 0.6 is 0 Å². The van der Waals surface area contributed by atoms with Gasteiger partial charge in [0.2, 0.25) is 5.91 Å². The molecule has 0 fully saturated rings. The van der Waals surface area contributed by atoms with Crippen LogP contribution in [0.25, 0.3) is 0 Å². The monoisotopic (exact) mass is 312 g/mol. The van der Waals surface area contributed by atoms with Crippen LogP contribution in [0.3, 0.4) is 0 Å². The van der Waals surface area contributed by atoms with Gasteiger partial charge in [0.15, 0.2) is 0 Å². The molecule has 4 rings (SSSR count). The lowest BCUT2D eigenvalue weighted by Crippen LogP contribution is -2.48. The number of aryl methyl sites for hydroxylation is 3. The number of anilines is 1. The number of rotatable bonds is 2. The molecule has 1 amide bonds. The first-order chi connectivity index (χ1) is 11.1. The first-order valence-corrected chi connectivity index (χ1v) is 8.00. The van der Waals surface area contributed by atoms with Crippen LogP contribution in [-0.4, -0.2) is 43.6 Å². The zero-order valence-electron chi connectivity index (χ0n) is 13.4. The van der Waals surface area contributed by atoms with Crippen LogP contribution in [0.15, 0.2) is 12.1 Å². The molecule has 23 heavy (non-hydrogen) atoms. The average molecular weight is 312 g/mol. The van der Waals surface area contributed by atoms with Crippen molar-refractivity contribution < 1.29 is 4.79 Å². The third-order valence-corrected chi connectivity index (χ3v) is 4.77. The van der Waals surface area contributed by atoms with Gasteiger partial charge >= 0.3 is 0 Å². The molecule has 1 atom stereocenters. The van der Waals surface area contributed by atoms with E-state index in [1.165, 1.54) is 5.56 Å². The van der Waals surface area contributed by atoms with E-state index in [1.54, 1.807) is 0 Å². The number of hydrogen-bond donors (Lipinski definition) is 1. The summed E-state index contributed by atoms with van der Waals surface area (Å²) in [7, 11) is 1.94. The van der Waals surface area contributed by atoms with E-state index in [0.29, 0.717) is 18.9 Å². The standard InChI is InChI=1S/C16H20N6O/c1-10-19-20-15-9-21(2)13(8-22(10)15)16(23)18-14-7-6-11-4-3-5-12(11)17-14/h6-7,13H,3-5,8-9H2,1-2H3,(H,17,18,23). The molecule has 0 aromatic carbocycles. The fraction of sp³-hybridized carbons (Fsp3) is 0.500. The third-order valence-electron chi connectivity index (χ3n) is 4.77. The minimum absolute atomic E-state index is 0.0308. The zero-order valence-corrected chi connectivity index (χ0v) is 13.4. The Morgan fingerprint density at radius 3 is 3.04 bits per heavy atom. The maximum Gasteiger partial charge on any atom is 0.244 e. The van der Waals surface area contributed by atoms with E-state index in [0.717, 1.165) is 36.6 Å². The van der Waals surface area contributed by atoms with Crippen molar-refractivity contribution in [2.75, 3.05) is 12.4 Å². The van der Waals surface area contributed by atoms with E-state index >= 15 is 0 Å². The molecule has 0 bridgehead atoms. The van der Waals surface area contributed by atoms with Gasteiger partial charge in [-0.1, -0.05) is 6.07 Å². The first kappa shape index (κ1) is 14.3. The lowest BCUT2D eigenvalue weighted by atomic mass is 10.2. The normalized spacial score (nSPS) is 20.2. The summed E-state index contributed by atoms with van der Waals surface area (Å²) in [5, 5.41) is 11.2. The third kappa shape index (κ3) is 2.50. The molecule has 1 aliphatic heterocycles. The molecule has 7 heteroatoms. The first-order valence-electron chi connectivity index (χ1n) is 8.00. The molecule has 1 unspecified atom stereocenters. The van der Waals surface area contributed by atoms with Gasteiger partial charge in [0.05, 0.1) is 13.1 Å². The molecular formula is C16H20N6O. The van der Waals surface area contributed by atoms with Gasteiger partial charge in [0.1, 0.15) is 23.5 Å². The highest BCUT2D eigenvalue weighted by molar-refractivity contribution is 5.94. The number of nitrogens with zero attached hydrogens (tertiary/aromatic N) is 5. The molecule has 7 nitrogen and oxygen atoms in total. The quantitative estimate of drug-likeness (QED) is 0.892. The Morgan fingerprint density at radius 2 is 2.17 bits per heavy atom. The predicted octanol–water partition coefficient (Wildman–Crippen LogP) is 0.923. The Balaban J connectivity index is 1.52. The van der Waals surface area contributed by atoms with Gasteiger partial charge in [0, 0.05) is 5.69 Å². The summed E-state index contributed by atoms with van der Waals surface area (Å²) in [4.78, 5) is 19.3. The summed E-state index contributed by atoms with van der Waals surface area (Å²) >= 11 is 0. The number of nitrogens with one attached hydrogen (secondary N) is 1. The molecule has 3 heterocycles. The van der Waals surface area contributed by atoms with E-state index in [2.05, 4.69) is 26.6 Å². The van der Waals surface area contributed by atoms with Gasteiger partial charge in [-0.05, 0) is 44.9 Å². The van der Waals surface area contributed by atoms with Crippen LogP contribution in [-0.2, 0) is 30.7 Å². The molecular weight excluding hydrogens is 292 g/mol. The minimum atomic E-state index is -0.243. The molecule has 2 aliphatic rings. The highest BCUT2D eigenvalue weighted by Gasteiger charge is 2.31. The van der Waals surface area contributed by atoms with Gasteiger partial charge < -0.3 is 9.88 Å². The van der Waals surface area contributed by atoms with Crippen LogP contribution in [0, 0.1) is 6.92 Å². The van der Waals surface area contributed by atoms with Crippen LogP contribution in [0.2, 0.25) is 0 Å². The topological polar surface area (TPSA) is 75.9 Å². The van der Waals surface area contributed by atoms with Gasteiger partial charge in [-0.2, -0.15) is 0 Å². The highest BCUT2D eigenvalue weighted by Crippen LogP contribution is 2.22. The highest BCUT2D eigenvalue weighted by atomic mass is 16.2. The minimum Gasteiger partial charge on any atom is -0.312 e. The molecule has 120 valence electrons. The van der Waals surface area contributed by atoms with Crippen molar-refractivity contribution in [2.45, 2.75) is 45.3 Å². The molecule has 0 radical (unpaired) electrons. The zero-order chi connectivity index (χ0) is 16.0. The Labute approximate surface area is 134 Å². The SMILES string of the molecule is Cc1nnc2n1CC(C(=O)Nc1ccc3c(n1)CCC3)N(C)C2. The number of carbonyl (C=O) groups is 1. The predicted molar refractivity (Wildman–Crippen MR) is 84.9 cm³/mol. The smallest absolute Gasteiger partial charge is 0.244 e. The molecule has 0 saturated carbocycles. The van der Waals surface area contributed by atoms with Crippen molar-refractivity contribution in [3.8, 4) is 0 Å². The van der Waals surface area contributed by atoms with Crippen molar-refractivity contribution in [3.63, 3.8) is 0 Å². The maximum absolute atomic E-state index is 12.7. The molecule has 0 saturated heterocycles. The van der Waals surface area contributed by atoms with Gasteiger partial charge in [-0.25, -0.2) is 4.98 Å². The fourth-order valence-corrected chi connectivity index (χ4v) is 3.41.